The molecule has 36 heavy (non-hydrogen) atoms. The maximum absolute atomic E-state index is 12.2. The molecule has 1 fully saturated rings. The average Bonchev–Trinajstić information content (AvgIpc) is 3.25. The SMILES string of the molecule is O=C(COC(=O)C(F)(F)F)Nc1ccc(O)cc1OCC(O)CN1CCC(Oc2ccc(Cl)cc2)C1. The number of benzene rings is 2. The van der Waals surface area contributed by atoms with Crippen LogP contribution in [-0.2, 0) is 14.3 Å². The number of carbonyl (C=O) groups is 2. The molecule has 1 aliphatic rings. The number of phenols is 1. The van der Waals surface area contributed by atoms with Gasteiger partial charge in [0.1, 0.15) is 36.1 Å². The number of β-amino-alcohol motifs (C(OH)–C–C–N with tert-alkyl or cyclic N) is 1. The number of rotatable bonds is 10. The third-order valence-corrected chi connectivity index (χ3v) is 5.30. The van der Waals surface area contributed by atoms with Crippen LogP contribution in [0.25, 0.3) is 0 Å². The molecular formula is C23H24ClF3N2O7. The lowest BCUT2D eigenvalue weighted by Crippen LogP contribution is -2.35. The van der Waals surface area contributed by atoms with Gasteiger partial charge in [0.2, 0.25) is 0 Å². The van der Waals surface area contributed by atoms with Crippen molar-refractivity contribution in [2.45, 2.75) is 24.8 Å². The van der Waals surface area contributed by atoms with Gasteiger partial charge in [-0.15, -0.1) is 0 Å². The number of halogens is 4. The predicted molar refractivity (Wildman–Crippen MR) is 122 cm³/mol. The van der Waals surface area contributed by atoms with Gasteiger partial charge in [0.15, 0.2) is 6.61 Å². The number of likely N-dealkylation sites (tertiary alicyclic amines) is 1. The van der Waals surface area contributed by atoms with E-state index >= 15 is 0 Å². The number of nitrogens with zero attached hydrogens (tertiary/aromatic N) is 1. The normalized spacial score (nSPS) is 16.9. The Morgan fingerprint density at radius 3 is 2.61 bits per heavy atom. The van der Waals surface area contributed by atoms with E-state index in [1.807, 2.05) is 4.90 Å². The minimum atomic E-state index is -5.22. The Balaban J connectivity index is 1.47. The van der Waals surface area contributed by atoms with Gasteiger partial charge in [-0.1, -0.05) is 11.6 Å². The molecule has 1 amide bonds. The van der Waals surface area contributed by atoms with Crippen molar-refractivity contribution in [2.24, 2.45) is 0 Å². The number of ether oxygens (including phenoxy) is 3. The van der Waals surface area contributed by atoms with Crippen molar-refractivity contribution in [1.82, 2.24) is 4.90 Å². The van der Waals surface area contributed by atoms with Crippen molar-refractivity contribution < 1.29 is 47.2 Å². The quantitative estimate of drug-likeness (QED) is 0.316. The zero-order chi connectivity index (χ0) is 26.3. The fraction of sp³-hybridized carbons (Fsp3) is 0.391. The maximum atomic E-state index is 12.2. The monoisotopic (exact) mass is 532 g/mol. The highest BCUT2D eigenvalue weighted by Crippen LogP contribution is 2.29. The maximum Gasteiger partial charge on any atom is 0.490 e. The van der Waals surface area contributed by atoms with Crippen LogP contribution >= 0.6 is 11.6 Å². The molecule has 3 N–H and O–H groups in total. The highest BCUT2D eigenvalue weighted by Gasteiger charge is 2.41. The Labute approximate surface area is 209 Å². The van der Waals surface area contributed by atoms with Crippen LogP contribution in [-0.4, -0.2) is 78.2 Å². The number of carbonyl (C=O) groups excluding carboxylic acids is 2. The van der Waals surface area contributed by atoms with Gasteiger partial charge in [-0.2, -0.15) is 13.2 Å². The average molecular weight is 533 g/mol. The largest absolute Gasteiger partial charge is 0.508 e. The fourth-order valence-electron chi connectivity index (χ4n) is 3.43. The lowest BCUT2D eigenvalue weighted by molar-refractivity contribution is -0.199. The number of anilines is 1. The molecule has 2 unspecified atom stereocenters. The third kappa shape index (κ3) is 8.47. The van der Waals surface area contributed by atoms with Gasteiger partial charge >= 0.3 is 12.1 Å². The molecule has 2 aromatic carbocycles. The van der Waals surface area contributed by atoms with Crippen LogP contribution in [0, 0.1) is 0 Å². The van der Waals surface area contributed by atoms with Crippen LogP contribution in [0.4, 0.5) is 18.9 Å². The number of hydrogen-bond donors (Lipinski definition) is 3. The summed E-state index contributed by atoms with van der Waals surface area (Å²) in [6, 6.07) is 10.6. The number of esters is 1. The summed E-state index contributed by atoms with van der Waals surface area (Å²) in [5, 5.41) is 23.0. The van der Waals surface area contributed by atoms with Gasteiger partial charge < -0.3 is 29.7 Å². The van der Waals surface area contributed by atoms with Gasteiger partial charge in [0.05, 0.1) is 5.69 Å². The van der Waals surface area contributed by atoms with Gasteiger partial charge in [-0.3, -0.25) is 9.69 Å². The Morgan fingerprint density at radius 2 is 1.92 bits per heavy atom. The first-order chi connectivity index (χ1) is 17.0. The molecular weight excluding hydrogens is 509 g/mol. The number of nitrogens with one attached hydrogen (secondary N) is 1. The van der Waals surface area contributed by atoms with Crippen LogP contribution in [0.2, 0.25) is 5.02 Å². The molecule has 196 valence electrons. The molecule has 1 heterocycles. The smallest absolute Gasteiger partial charge is 0.490 e. The minimum absolute atomic E-state index is 0.00524. The summed E-state index contributed by atoms with van der Waals surface area (Å²) in [5.41, 5.74) is 0.00524. The molecule has 0 saturated carbocycles. The molecule has 9 nitrogen and oxygen atoms in total. The summed E-state index contributed by atoms with van der Waals surface area (Å²) in [7, 11) is 0. The minimum Gasteiger partial charge on any atom is -0.508 e. The van der Waals surface area contributed by atoms with Crippen LogP contribution in [0.1, 0.15) is 6.42 Å². The van der Waals surface area contributed by atoms with Crippen LogP contribution in [0.3, 0.4) is 0 Å². The van der Waals surface area contributed by atoms with E-state index in [2.05, 4.69) is 10.1 Å². The second-order valence-corrected chi connectivity index (χ2v) is 8.45. The van der Waals surface area contributed by atoms with E-state index in [1.165, 1.54) is 12.1 Å². The molecule has 13 heteroatoms. The number of alkyl halides is 3. The van der Waals surface area contributed by atoms with Crippen LogP contribution < -0.4 is 14.8 Å². The van der Waals surface area contributed by atoms with Crippen molar-refractivity contribution >= 4 is 29.2 Å². The summed E-state index contributed by atoms with van der Waals surface area (Å²) >= 11 is 5.87. The number of phenolic OH excluding ortho intramolecular Hbond substituents is 1. The van der Waals surface area contributed by atoms with Crippen molar-refractivity contribution in [3.05, 3.63) is 47.5 Å². The molecule has 2 atom stereocenters. The molecule has 0 aliphatic carbocycles. The first-order valence-corrected chi connectivity index (χ1v) is 11.2. The standard InChI is InChI=1S/C23H24ClF3N2O7/c24-14-1-4-17(5-2-14)36-18-7-8-29(11-18)10-16(31)12-34-20-9-15(30)3-6-19(20)28-21(32)13-35-22(33)23(25,26)27/h1-6,9,16,18,30-31H,7-8,10-13H2,(H,28,32). The molecule has 1 saturated heterocycles. The second-order valence-electron chi connectivity index (χ2n) is 8.01. The fourth-order valence-corrected chi connectivity index (χ4v) is 3.56. The van der Waals surface area contributed by atoms with E-state index < -0.39 is 30.8 Å². The molecule has 0 aromatic heterocycles. The molecule has 0 radical (unpaired) electrons. The molecule has 3 rings (SSSR count). The van der Waals surface area contributed by atoms with E-state index in [0.717, 1.165) is 12.5 Å². The van der Waals surface area contributed by atoms with Crippen molar-refractivity contribution in [3.63, 3.8) is 0 Å². The number of aliphatic hydroxyl groups is 1. The highest BCUT2D eigenvalue weighted by atomic mass is 35.5. The zero-order valence-corrected chi connectivity index (χ0v) is 19.6. The molecule has 0 spiro atoms. The summed E-state index contributed by atoms with van der Waals surface area (Å²) in [6.07, 6.45) is -5.45. The summed E-state index contributed by atoms with van der Waals surface area (Å²) < 4.78 is 51.9. The molecule has 0 bridgehead atoms. The Kier molecular flexibility index (Phi) is 9.24. The van der Waals surface area contributed by atoms with E-state index in [9.17, 15) is 33.0 Å². The Hall–Kier alpha value is -3.22. The van der Waals surface area contributed by atoms with Crippen molar-refractivity contribution in [3.8, 4) is 17.2 Å². The third-order valence-electron chi connectivity index (χ3n) is 5.05. The van der Waals surface area contributed by atoms with E-state index in [1.54, 1.807) is 24.3 Å². The predicted octanol–water partition coefficient (Wildman–Crippen LogP) is 2.98. The van der Waals surface area contributed by atoms with Gasteiger partial charge in [0.25, 0.3) is 5.91 Å². The first kappa shape index (κ1) is 27.4. The van der Waals surface area contributed by atoms with Crippen LogP contribution in [0.5, 0.6) is 17.2 Å². The zero-order valence-electron chi connectivity index (χ0n) is 18.8. The Bertz CT molecular complexity index is 1050. The van der Waals surface area contributed by atoms with Gasteiger partial charge in [-0.05, 0) is 42.8 Å². The number of aliphatic hydroxyl groups excluding tert-OH is 1. The summed E-state index contributed by atoms with van der Waals surface area (Å²) in [5.74, 6) is -3.09. The van der Waals surface area contributed by atoms with E-state index in [0.29, 0.717) is 23.9 Å². The van der Waals surface area contributed by atoms with Crippen molar-refractivity contribution in [1.29, 1.82) is 0 Å². The second kappa shape index (κ2) is 12.2. The summed E-state index contributed by atoms with van der Waals surface area (Å²) in [6.45, 7) is 0.182. The van der Waals surface area contributed by atoms with Crippen molar-refractivity contribution in [2.75, 3.05) is 38.2 Å². The molecule has 2 aromatic rings. The van der Waals surface area contributed by atoms with E-state index in [-0.39, 0.29) is 36.4 Å². The highest BCUT2D eigenvalue weighted by molar-refractivity contribution is 6.30. The number of hydrogen-bond acceptors (Lipinski definition) is 8. The van der Waals surface area contributed by atoms with E-state index in [4.69, 9.17) is 21.1 Å². The number of amides is 1. The first-order valence-electron chi connectivity index (χ1n) is 10.8. The topological polar surface area (TPSA) is 118 Å². The Morgan fingerprint density at radius 1 is 1.19 bits per heavy atom. The summed E-state index contributed by atoms with van der Waals surface area (Å²) in [4.78, 5) is 24.6. The van der Waals surface area contributed by atoms with Gasteiger partial charge in [-0.25, -0.2) is 4.79 Å². The van der Waals surface area contributed by atoms with Gasteiger partial charge in [0, 0.05) is 30.7 Å². The lowest BCUT2D eigenvalue weighted by atomic mass is 10.2. The molecule has 1 aliphatic heterocycles. The van der Waals surface area contributed by atoms with Crippen LogP contribution in [0.15, 0.2) is 42.5 Å². The lowest BCUT2D eigenvalue weighted by Gasteiger charge is -2.21. The number of aromatic hydroxyl groups is 1.